The summed E-state index contributed by atoms with van der Waals surface area (Å²) in [4.78, 5) is 12.4. The average Bonchev–Trinajstić information content (AvgIpc) is 2.86. The third-order valence-corrected chi connectivity index (χ3v) is 5.63. The maximum atomic E-state index is 12.4. The molecule has 1 amide bonds. The Kier molecular flexibility index (Phi) is 5.08. The van der Waals surface area contributed by atoms with Crippen molar-refractivity contribution >= 4 is 5.91 Å². The SMILES string of the molecule is CCOC1CC(NC(=O)C2CCC(N)C2)C1(CC)CC. The van der Waals surface area contributed by atoms with Crippen LogP contribution in [0.5, 0.6) is 0 Å². The zero-order valence-corrected chi connectivity index (χ0v) is 13.2. The van der Waals surface area contributed by atoms with Crippen LogP contribution < -0.4 is 11.1 Å². The lowest BCUT2D eigenvalue weighted by Crippen LogP contribution is -2.64. The molecule has 116 valence electrons. The Morgan fingerprint density at radius 1 is 1.25 bits per heavy atom. The molecule has 4 heteroatoms. The number of ether oxygens (including phenoxy) is 1. The summed E-state index contributed by atoms with van der Waals surface area (Å²) in [5, 5.41) is 3.29. The molecule has 0 aliphatic heterocycles. The molecule has 0 radical (unpaired) electrons. The predicted molar refractivity (Wildman–Crippen MR) is 80.3 cm³/mol. The third kappa shape index (κ3) is 2.73. The summed E-state index contributed by atoms with van der Waals surface area (Å²) >= 11 is 0. The van der Waals surface area contributed by atoms with Gasteiger partial charge in [-0.15, -0.1) is 0 Å². The molecule has 0 aromatic rings. The van der Waals surface area contributed by atoms with Gasteiger partial charge in [-0.05, 0) is 45.4 Å². The number of rotatable bonds is 6. The standard InChI is InChI=1S/C16H30N2O2/c1-4-16(5-2)13(10-14(16)20-6-3)18-15(19)11-7-8-12(17)9-11/h11-14H,4-10,17H2,1-3H3,(H,18,19). The molecule has 2 rings (SSSR count). The van der Waals surface area contributed by atoms with Gasteiger partial charge in [0, 0.05) is 30.0 Å². The van der Waals surface area contributed by atoms with Crippen molar-refractivity contribution in [3.8, 4) is 0 Å². The Morgan fingerprint density at radius 2 is 1.95 bits per heavy atom. The van der Waals surface area contributed by atoms with Gasteiger partial charge in [0.15, 0.2) is 0 Å². The highest BCUT2D eigenvalue weighted by Gasteiger charge is 2.54. The molecule has 20 heavy (non-hydrogen) atoms. The number of hydrogen-bond acceptors (Lipinski definition) is 3. The van der Waals surface area contributed by atoms with Gasteiger partial charge < -0.3 is 15.8 Å². The van der Waals surface area contributed by atoms with E-state index in [1.165, 1.54) is 0 Å². The van der Waals surface area contributed by atoms with Crippen molar-refractivity contribution in [3.63, 3.8) is 0 Å². The molecule has 2 fully saturated rings. The molecule has 0 saturated heterocycles. The van der Waals surface area contributed by atoms with Gasteiger partial charge in [-0.1, -0.05) is 13.8 Å². The summed E-state index contributed by atoms with van der Waals surface area (Å²) < 4.78 is 5.86. The van der Waals surface area contributed by atoms with Crippen LogP contribution in [0.1, 0.15) is 59.3 Å². The molecule has 0 heterocycles. The topological polar surface area (TPSA) is 64.3 Å². The second-order valence-corrected chi connectivity index (χ2v) is 6.45. The van der Waals surface area contributed by atoms with Crippen LogP contribution in [0.4, 0.5) is 0 Å². The highest BCUT2D eigenvalue weighted by Crippen LogP contribution is 2.49. The minimum absolute atomic E-state index is 0.127. The Labute approximate surface area is 122 Å². The summed E-state index contributed by atoms with van der Waals surface area (Å²) in [7, 11) is 0. The summed E-state index contributed by atoms with van der Waals surface area (Å²) in [5.41, 5.74) is 6.04. The van der Waals surface area contributed by atoms with Gasteiger partial charge in [0.25, 0.3) is 0 Å². The van der Waals surface area contributed by atoms with Crippen molar-refractivity contribution in [2.24, 2.45) is 17.1 Å². The normalized spacial score (nSPS) is 35.6. The summed E-state index contributed by atoms with van der Waals surface area (Å²) in [6, 6.07) is 0.490. The Balaban J connectivity index is 1.94. The maximum Gasteiger partial charge on any atom is 0.223 e. The van der Waals surface area contributed by atoms with Gasteiger partial charge in [-0.2, -0.15) is 0 Å². The number of carbonyl (C=O) groups is 1. The molecule has 0 bridgehead atoms. The Hall–Kier alpha value is -0.610. The van der Waals surface area contributed by atoms with E-state index in [0.717, 1.165) is 45.1 Å². The first kappa shape index (κ1) is 15.8. The summed E-state index contributed by atoms with van der Waals surface area (Å²) in [5.74, 6) is 0.340. The van der Waals surface area contributed by atoms with E-state index in [9.17, 15) is 4.79 Å². The lowest BCUT2D eigenvalue weighted by atomic mass is 9.58. The van der Waals surface area contributed by atoms with Crippen molar-refractivity contribution < 1.29 is 9.53 Å². The molecule has 0 spiro atoms. The molecule has 2 saturated carbocycles. The fraction of sp³-hybridized carbons (Fsp3) is 0.938. The van der Waals surface area contributed by atoms with Gasteiger partial charge in [0.2, 0.25) is 5.91 Å². The predicted octanol–water partition coefficient (Wildman–Crippen LogP) is 2.21. The first-order valence-electron chi connectivity index (χ1n) is 8.24. The minimum Gasteiger partial charge on any atom is -0.378 e. The van der Waals surface area contributed by atoms with Crippen LogP contribution in [-0.4, -0.2) is 30.7 Å². The quantitative estimate of drug-likeness (QED) is 0.785. The van der Waals surface area contributed by atoms with Crippen LogP contribution in [0.2, 0.25) is 0 Å². The molecule has 3 N–H and O–H groups in total. The van der Waals surface area contributed by atoms with Crippen LogP contribution in [0.15, 0.2) is 0 Å². The first-order chi connectivity index (χ1) is 9.57. The third-order valence-electron chi connectivity index (χ3n) is 5.63. The molecule has 4 atom stereocenters. The second-order valence-electron chi connectivity index (χ2n) is 6.45. The average molecular weight is 282 g/mol. The molecule has 2 aliphatic carbocycles. The molecule has 0 aromatic carbocycles. The van der Waals surface area contributed by atoms with Gasteiger partial charge in [-0.3, -0.25) is 4.79 Å². The van der Waals surface area contributed by atoms with Crippen LogP contribution >= 0.6 is 0 Å². The molecule has 4 nitrogen and oxygen atoms in total. The van der Waals surface area contributed by atoms with E-state index < -0.39 is 0 Å². The van der Waals surface area contributed by atoms with Crippen molar-refractivity contribution in [3.05, 3.63) is 0 Å². The van der Waals surface area contributed by atoms with Crippen LogP contribution in [0.25, 0.3) is 0 Å². The minimum atomic E-state index is 0.127. The lowest BCUT2D eigenvalue weighted by Gasteiger charge is -2.55. The van der Waals surface area contributed by atoms with Crippen LogP contribution in [-0.2, 0) is 9.53 Å². The number of nitrogens with two attached hydrogens (primary N) is 1. The molecule has 0 aromatic heterocycles. The zero-order valence-electron chi connectivity index (χ0n) is 13.2. The van der Waals surface area contributed by atoms with E-state index in [4.69, 9.17) is 10.5 Å². The van der Waals surface area contributed by atoms with Crippen molar-refractivity contribution in [2.45, 2.75) is 77.5 Å². The Morgan fingerprint density at radius 3 is 2.45 bits per heavy atom. The van der Waals surface area contributed by atoms with Gasteiger partial charge in [0.05, 0.1) is 6.10 Å². The largest absolute Gasteiger partial charge is 0.378 e. The fourth-order valence-corrected chi connectivity index (χ4v) is 4.13. The lowest BCUT2D eigenvalue weighted by molar-refractivity contribution is -0.150. The highest BCUT2D eigenvalue weighted by molar-refractivity contribution is 5.79. The van der Waals surface area contributed by atoms with Gasteiger partial charge in [0.1, 0.15) is 0 Å². The van der Waals surface area contributed by atoms with Crippen molar-refractivity contribution in [1.82, 2.24) is 5.32 Å². The number of amides is 1. The maximum absolute atomic E-state index is 12.4. The highest BCUT2D eigenvalue weighted by atomic mass is 16.5. The summed E-state index contributed by atoms with van der Waals surface area (Å²) in [6.45, 7) is 7.21. The van der Waals surface area contributed by atoms with Crippen molar-refractivity contribution in [1.29, 1.82) is 0 Å². The number of carbonyl (C=O) groups excluding carboxylic acids is 1. The van der Waals surface area contributed by atoms with Crippen molar-refractivity contribution in [2.75, 3.05) is 6.61 Å². The zero-order chi connectivity index (χ0) is 14.8. The molecular formula is C16H30N2O2. The van der Waals surface area contributed by atoms with E-state index in [1.54, 1.807) is 0 Å². The number of nitrogens with one attached hydrogen (secondary N) is 1. The van der Waals surface area contributed by atoms with Crippen LogP contribution in [0, 0.1) is 11.3 Å². The smallest absolute Gasteiger partial charge is 0.223 e. The molecular weight excluding hydrogens is 252 g/mol. The Bertz CT molecular complexity index is 341. The van der Waals surface area contributed by atoms with Gasteiger partial charge >= 0.3 is 0 Å². The van der Waals surface area contributed by atoms with E-state index in [0.29, 0.717) is 6.10 Å². The van der Waals surface area contributed by atoms with Gasteiger partial charge in [-0.25, -0.2) is 0 Å². The van der Waals surface area contributed by atoms with E-state index in [1.807, 2.05) is 6.92 Å². The van der Waals surface area contributed by atoms with Crippen LogP contribution in [0.3, 0.4) is 0 Å². The first-order valence-corrected chi connectivity index (χ1v) is 8.24. The monoisotopic (exact) mass is 282 g/mol. The molecule has 2 aliphatic rings. The second kappa shape index (κ2) is 6.44. The fourth-order valence-electron chi connectivity index (χ4n) is 4.13. The summed E-state index contributed by atoms with van der Waals surface area (Å²) in [6.07, 6.45) is 6.15. The number of hydrogen-bond donors (Lipinski definition) is 2. The van der Waals surface area contributed by atoms with E-state index in [-0.39, 0.29) is 29.3 Å². The van der Waals surface area contributed by atoms with E-state index in [2.05, 4.69) is 19.2 Å². The molecule has 4 unspecified atom stereocenters. The van der Waals surface area contributed by atoms with E-state index >= 15 is 0 Å².